The summed E-state index contributed by atoms with van der Waals surface area (Å²) < 4.78 is 14.1. The van der Waals surface area contributed by atoms with Crippen molar-refractivity contribution in [1.29, 1.82) is 0 Å². The van der Waals surface area contributed by atoms with E-state index < -0.39 is 11.5 Å². The maximum absolute atomic E-state index is 14.5. The van der Waals surface area contributed by atoms with Gasteiger partial charge in [-0.25, -0.2) is 9.93 Å². The summed E-state index contributed by atoms with van der Waals surface area (Å²) in [5, 5.41) is 6.81. The molecule has 2 aromatic carbocycles. The highest BCUT2D eigenvalue weighted by molar-refractivity contribution is 6.47. The predicted octanol–water partition coefficient (Wildman–Crippen LogP) is 6.27. The molecule has 4 N–H and O–H groups in total. The average Bonchev–Trinajstić information content (AvgIpc) is 3.60. The van der Waals surface area contributed by atoms with Gasteiger partial charge in [-0.15, -0.1) is 10.6 Å². The van der Waals surface area contributed by atoms with E-state index in [-0.39, 0.29) is 40.3 Å². The fraction of sp³-hybridized carbons (Fsp3) is 0.529. The lowest BCUT2D eigenvalue weighted by Crippen LogP contribution is -2.51. The van der Waals surface area contributed by atoms with Crippen LogP contribution in [0.15, 0.2) is 52.6 Å². The van der Waals surface area contributed by atoms with Crippen LogP contribution in [-0.4, -0.2) is 40.5 Å². The van der Waals surface area contributed by atoms with Gasteiger partial charge in [0.25, 0.3) is 11.8 Å². The van der Waals surface area contributed by atoms with Gasteiger partial charge in [-0.1, -0.05) is 65.3 Å². The highest BCUT2D eigenvalue weighted by atomic mass is 35.5. The number of rotatable bonds is 8. The van der Waals surface area contributed by atoms with Gasteiger partial charge in [0.2, 0.25) is 0 Å². The number of amides is 2. The second-order valence-electron chi connectivity index (χ2n) is 14.7. The van der Waals surface area contributed by atoms with Crippen LogP contribution >= 0.6 is 11.6 Å². The summed E-state index contributed by atoms with van der Waals surface area (Å²) in [7, 11) is 0. The number of hydrazine groups is 2. The Kier molecular flexibility index (Phi) is 9.29. The van der Waals surface area contributed by atoms with Crippen LogP contribution in [0.4, 0.5) is 4.39 Å². The first kappa shape index (κ1) is 32.9. The van der Waals surface area contributed by atoms with Crippen LogP contribution in [0.3, 0.4) is 0 Å². The smallest absolute Gasteiger partial charge is 0.275 e. The van der Waals surface area contributed by atoms with Crippen LogP contribution in [0, 0.1) is 22.6 Å². The molecule has 1 fully saturated rings. The molecule has 2 amide bonds. The van der Waals surface area contributed by atoms with Crippen molar-refractivity contribution >= 4 is 35.0 Å². The third-order valence-corrected chi connectivity index (χ3v) is 9.59. The van der Waals surface area contributed by atoms with E-state index in [4.69, 9.17) is 16.6 Å². The van der Waals surface area contributed by atoms with Crippen molar-refractivity contribution in [1.82, 2.24) is 26.7 Å². The molecule has 0 unspecified atom stereocenters. The second-order valence-corrected chi connectivity index (χ2v) is 15.1. The zero-order valence-electron chi connectivity index (χ0n) is 27.1. The van der Waals surface area contributed by atoms with Crippen molar-refractivity contribution in [2.24, 2.45) is 26.8 Å². The first-order valence-electron chi connectivity index (χ1n) is 15.8. The van der Waals surface area contributed by atoms with Gasteiger partial charge >= 0.3 is 0 Å². The number of hydrazone groups is 1. The van der Waals surface area contributed by atoms with Crippen molar-refractivity contribution in [2.45, 2.75) is 91.8 Å². The van der Waals surface area contributed by atoms with E-state index in [9.17, 15) is 14.0 Å². The molecule has 1 atom stereocenters. The minimum absolute atomic E-state index is 0.0339. The molecule has 0 aromatic heterocycles. The van der Waals surface area contributed by atoms with Crippen LogP contribution < -0.4 is 21.8 Å². The van der Waals surface area contributed by atoms with Crippen molar-refractivity contribution in [3.8, 4) is 0 Å². The molecular weight excluding hydrogens is 593 g/mol. The molecule has 3 aliphatic rings. The fourth-order valence-electron chi connectivity index (χ4n) is 6.62. The number of hydrogen-bond acceptors (Lipinski definition) is 7. The lowest BCUT2D eigenvalue weighted by atomic mass is 9.69. The SMILES string of the molecule is CC(C)(C)CC[C@H](c1ccc(C(=O)NCC2=NNNN2)cc1)N1C(=O)C(c2ccc(F)c(Cl)c2)=NC12CCC(C(C)(C)C)CC2. The largest absolute Gasteiger partial charge is 0.345 e. The highest BCUT2D eigenvalue weighted by Gasteiger charge is 2.52. The topological polar surface area (TPSA) is 110 Å². The molecule has 242 valence electrons. The first-order valence-corrected chi connectivity index (χ1v) is 16.1. The summed E-state index contributed by atoms with van der Waals surface area (Å²) in [6.07, 6.45) is 4.98. The van der Waals surface area contributed by atoms with Gasteiger partial charge in [-0.2, -0.15) is 0 Å². The molecular formula is C34H45ClFN7O2. The maximum atomic E-state index is 14.5. The molecule has 11 heteroatoms. The normalized spacial score (nSPS) is 22.5. The van der Waals surface area contributed by atoms with Crippen LogP contribution in [0.25, 0.3) is 0 Å². The summed E-state index contributed by atoms with van der Waals surface area (Å²) in [6.45, 7) is 13.7. The Balaban J connectivity index is 1.50. The highest BCUT2D eigenvalue weighted by Crippen LogP contribution is 2.50. The minimum Gasteiger partial charge on any atom is -0.345 e. The zero-order valence-corrected chi connectivity index (χ0v) is 27.8. The van der Waals surface area contributed by atoms with Crippen molar-refractivity contribution in [2.75, 3.05) is 6.54 Å². The molecule has 45 heavy (non-hydrogen) atoms. The van der Waals surface area contributed by atoms with Crippen LogP contribution in [0.2, 0.25) is 5.02 Å². The molecule has 0 saturated heterocycles. The second kappa shape index (κ2) is 12.7. The first-order chi connectivity index (χ1) is 21.2. The molecule has 1 aliphatic carbocycles. The Morgan fingerprint density at radius 1 is 1.11 bits per heavy atom. The van der Waals surface area contributed by atoms with E-state index in [2.05, 4.69) is 68.5 Å². The van der Waals surface area contributed by atoms with E-state index in [1.807, 2.05) is 17.0 Å². The van der Waals surface area contributed by atoms with E-state index in [0.29, 0.717) is 28.6 Å². The number of carbonyl (C=O) groups excluding carboxylic acids is 2. The molecule has 1 spiro atoms. The summed E-state index contributed by atoms with van der Waals surface area (Å²) in [5.74, 6) is 0.162. The van der Waals surface area contributed by atoms with E-state index in [0.717, 1.165) is 44.1 Å². The van der Waals surface area contributed by atoms with E-state index >= 15 is 0 Å². The minimum atomic E-state index is -0.718. The number of nitrogens with zero attached hydrogens (tertiary/aromatic N) is 3. The number of carbonyl (C=O) groups is 2. The Morgan fingerprint density at radius 2 is 1.80 bits per heavy atom. The summed E-state index contributed by atoms with van der Waals surface area (Å²) in [5.41, 5.74) is 9.81. The number of hydrogen-bond donors (Lipinski definition) is 4. The number of benzene rings is 2. The van der Waals surface area contributed by atoms with Gasteiger partial charge in [-0.05, 0) is 91.2 Å². The number of nitrogens with one attached hydrogen (secondary N) is 4. The average molecular weight is 638 g/mol. The molecule has 2 heterocycles. The van der Waals surface area contributed by atoms with Crippen LogP contribution in [0.5, 0.6) is 0 Å². The summed E-state index contributed by atoms with van der Waals surface area (Å²) in [4.78, 5) is 34.7. The quantitative estimate of drug-likeness (QED) is 0.273. The summed E-state index contributed by atoms with van der Waals surface area (Å²) >= 11 is 6.18. The van der Waals surface area contributed by atoms with Crippen LogP contribution in [0.1, 0.15) is 108 Å². The van der Waals surface area contributed by atoms with Gasteiger partial charge in [0.15, 0.2) is 5.84 Å². The van der Waals surface area contributed by atoms with Crippen molar-refractivity contribution in [3.05, 3.63) is 70.0 Å². The fourth-order valence-corrected chi connectivity index (χ4v) is 6.80. The lowest BCUT2D eigenvalue weighted by molar-refractivity contribution is -0.134. The number of aliphatic imine (C=N–C) groups is 1. The molecule has 2 aromatic rings. The molecule has 1 saturated carbocycles. The monoisotopic (exact) mass is 637 g/mol. The predicted molar refractivity (Wildman–Crippen MR) is 176 cm³/mol. The Bertz CT molecular complexity index is 1490. The molecule has 2 aliphatic heterocycles. The summed E-state index contributed by atoms with van der Waals surface area (Å²) in [6, 6.07) is 11.6. The molecule has 9 nitrogen and oxygen atoms in total. The Morgan fingerprint density at radius 3 is 2.38 bits per heavy atom. The Labute approximate surface area is 270 Å². The third-order valence-electron chi connectivity index (χ3n) is 9.30. The van der Waals surface area contributed by atoms with Gasteiger partial charge in [0, 0.05) is 11.1 Å². The zero-order chi connectivity index (χ0) is 32.6. The van der Waals surface area contributed by atoms with E-state index in [1.165, 1.54) is 12.1 Å². The molecule has 0 bridgehead atoms. The van der Waals surface area contributed by atoms with Crippen LogP contribution in [-0.2, 0) is 4.79 Å². The number of halogens is 2. The van der Waals surface area contributed by atoms with Crippen molar-refractivity contribution < 1.29 is 14.0 Å². The van der Waals surface area contributed by atoms with Gasteiger partial charge in [-0.3, -0.25) is 20.0 Å². The van der Waals surface area contributed by atoms with Crippen molar-refractivity contribution in [3.63, 3.8) is 0 Å². The number of amidine groups is 1. The third kappa shape index (κ3) is 7.33. The van der Waals surface area contributed by atoms with Gasteiger partial charge < -0.3 is 10.2 Å². The molecule has 5 rings (SSSR count). The van der Waals surface area contributed by atoms with Gasteiger partial charge in [0.05, 0.1) is 17.6 Å². The lowest BCUT2D eigenvalue weighted by Gasteiger charge is -2.47. The standard InChI is InChI=1S/C34H45ClFN7O2/c1-32(2,3)16-15-27(21-7-9-22(10-8-21)30(44)37-20-28-39-41-42-40-28)43-31(45)29(23-11-12-26(36)25(35)19-23)38-34(43)17-13-24(14-18-34)33(4,5)6/h7-12,19,24,27,41-42H,13-18,20H2,1-6H3,(H,37,44)(H,39,40)/t24?,27-,34?/m1/s1. The van der Waals surface area contributed by atoms with Gasteiger partial charge in [0.1, 0.15) is 17.2 Å². The maximum Gasteiger partial charge on any atom is 0.275 e. The van der Waals surface area contributed by atoms with E-state index in [1.54, 1.807) is 18.2 Å². The Hall–Kier alpha value is -3.50. The molecule has 0 radical (unpaired) electrons.